The first-order chi connectivity index (χ1) is 10.7. The van der Waals surface area contributed by atoms with Crippen molar-refractivity contribution in [1.29, 1.82) is 0 Å². The molecule has 1 heterocycles. The highest BCUT2D eigenvalue weighted by Crippen LogP contribution is 2.19. The average molecular weight is 295 g/mol. The van der Waals surface area contributed by atoms with Gasteiger partial charge in [-0.25, -0.2) is 14.5 Å². The molecule has 6 heteroatoms. The Morgan fingerprint density at radius 1 is 1.18 bits per heavy atom. The van der Waals surface area contributed by atoms with Crippen LogP contribution in [-0.4, -0.2) is 33.0 Å². The SMILES string of the molecule is COc1ccc(-c2ncn(-c3cccc(C(=O)O)c3)n2)cc1. The number of ether oxygens (including phenoxy) is 1. The molecule has 0 atom stereocenters. The zero-order valence-corrected chi connectivity index (χ0v) is 11.8. The molecule has 0 aliphatic carbocycles. The number of aromatic nitrogens is 3. The maximum atomic E-state index is 11.0. The number of benzene rings is 2. The molecule has 0 bridgehead atoms. The quantitative estimate of drug-likeness (QED) is 0.800. The summed E-state index contributed by atoms with van der Waals surface area (Å²) in [5, 5.41) is 13.4. The lowest BCUT2D eigenvalue weighted by Gasteiger charge is -2.02. The summed E-state index contributed by atoms with van der Waals surface area (Å²) in [5.41, 5.74) is 1.71. The molecule has 22 heavy (non-hydrogen) atoms. The van der Waals surface area contributed by atoms with Crippen LogP contribution in [0.15, 0.2) is 54.9 Å². The van der Waals surface area contributed by atoms with Gasteiger partial charge in [0.1, 0.15) is 12.1 Å². The Labute approximate surface area is 126 Å². The Kier molecular flexibility index (Phi) is 3.57. The van der Waals surface area contributed by atoms with Gasteiger partial charge >= 0.3 is 5.97 Å². The van der Waals surface area contributed by atoms with E-state index in [1.807, 2.05) is 24.3 Å². The monoisotopic (exact) mass is 295 g/mol. The third-order valence-corrected chi connectivity index (χ3v) is 3.20. The standard InChI is InChI=1S/C16H13N3O3/c1-22-14-7-5-11(6-8-14)15-17-10-19(18-15)13-4-2-3-12(9-13)16(20)21/h2-10H,1H3,(H,20,21). The topological polar surface area (TPSA) is 77.2 Å². The first-order valence-corrected chi connectivity index (χ1v) is 6.57. The number of carbonyl (C=O) groups is 1. The molecule has 3 rings (SSSR count). The largest absolute Gasteiger partial charge is 0.497 e. The molecule has 0 aliphatic heterocycles. The first kappa shape index (κ1) is 13.8. The summed E-state index contributed by atoms with van der Waals surface area (Å²) >= 11 is 0. The van der Waals surface area contributed by atoms with Crippen molar-refractivity contribution in [3.8, 4) is 22.8 Å². The summed E-state index contributed by atoms with van der Waals surface area (Å²) < 4.78 is 6.66. The Balaban J connectivity index is 1.93. The van der Waals surface area contributed by atoms with E-state index in [4.69, 9.17) is 9.84 Å². The highest BCUT2D eigenvalue weighted by atomic mass is 16.5. The van der Waals surface area contributed by atoms with Crippen molar-refractivity contribution in [2.24, 2.45) is 0 Å². The van der Waals surface area contributed by atoms with Gasteiger partial charge in [0.25, 0.3) is 0 Å². The number of carboxylic acid groups (broad SMARTS) is 1. The summed E-state index contributed by atoms with van der Waals surface area (Å²) in [6.45, 7) is 0. The van der Waals surface area contributed by atoms with Gasteiger partial charge in [-0.15, -0.1) is 5.10 Å². The van der Waals surface area contributed by atoms with Crippen LogP contribution in [0.2, 0.25) is 0 Å². The van der Waals surface area contributed by atoms with Crippen LogP contribution >= 0.6 is 0 Å². The number of carboxylic acids is 1. The molecule has 0 fully saturated rings. The van der Waals surface area contributed by atoms with E-state index >= 15 is 0 Å². The van der Waals surface area contributed by atoms with Crippen LogP contribution in [0.5, 0.6) is 5.75 Å². The second kappa shape index (κ2) is 5.69. The Morgan fingerprint density at radius 2 is 1.95 bits per heavy atom. The van der Waals surface area contributed by atoms with E-state index in [1.54, 1.807) is 36.3 Å². The lowest BCUT2D eigenvalue weighted by molar-refractivity contribution is 0.0697. The summed E-state index contributed by atoms with van der Waals surface area (Å²) in [4.78, 5) is 15.3. The molecule has 0 saturated heterocycles. The minimum Gasteiger partial charge on any atom is -0.497 e. The van der Waals surface area contributed by atoms with Crippen LogP contribution in [-0.2, 0) is 0 Å². The number of rotatable bonds is 4. The van der Waals surface area contributed by atoms with Gasteiger partial charge < -0.3 is 9.84 Å². The van der Waals surface area contributed by atoms with Crippen molar-refractivity contribution in [3.05, 3.63) is 60.4 Å². The van der Waals surface area contributed by atoms with E-state index in [-0.39, 0.29) is 5.56 Å². The average Bonchev–Trinajstić information content (AvgIpc) is 3.05. The van der Waals surface area contributed by atoms with Crippen molar-refractivity contribution in [1.82, 2.24) is 14.8 Å². The fourth-order valence-electron chi connectivity index (χ4n) is 2.04. The fourth-order valence-corrected chi connectivity index (χ4v) is 2.04. The van der Waals surface area contributed by atoms with Gasteiger partial charge in [-0.2, -0.15) is 0 Å². The van der Waals surface area contributed by atoms with Crippen LogP contribution in [0.4, 0.5) is 0 Å². The van der Waals surface area contributed by atoms with Crippen molar-refractivity contribution < 1.29 is 14.6 Å². The molecule has 0 unspecified atom stereocenters. The molecule has 2 aromatic carbocycles. The van der Waals surface area contributed by atoms with Crippen LogP contribution < -0.4 is 4.74 Å². The lowest BCUT2D eigenvalue weighted by atomic mass is 10.2. The van der Waals surface area contributed by atoms with Gasteiger partial charge in [-0.3, -0.25) is 0 Å². The van der Waals surface area contributed by atoms with E-state index in [1.165, 1.54) is 6.07 Å². The molecule has 6 nitrogen and oxygen atoms in total. The van der Waals surface area contributed by atoms with E-state index in [9.17, 15) is 4.79 Å². The number of nitrogens with zero attached hydrogens (tertiary/aromatic N) is 3. The molecular formula is C16H13N3O3. The normalized spacial score (nSPS) is 10.4. The second-order valence-electron chi connectivity index (χ2n) is 4.60. The summed E-state index contributed by atoms with van der Waals surface area (Å²) in [6.07, 6.45) is 1.56. The summed E-state index contributed by atoms with van der Waals surface area (Å²) in [7, 11) is 1.61. The van der Waals surface area contributed by atoms with Crippen molar-refractivity contribution >= 4 is 5.97 Å². The molecule has 1 aromatic heterocycles. The third-order valence-electron chi connectivity index (χ3n) is 3.20. The van der Waals surface area contributed by atoms with Crippen LogP contribution in [0.1, 0.15) is 10.4 Å². The van der Waals surface area contributed by atoms with Gasteiger partial charge in [0.05, 0.1) is 18.4 Å². The molecule has 110 valence electrons. The Morgan fingerprint density at radius 3 is 2.64 bits per heavy atom. The zero-order valence-electron chi connectivity index (χ0n) is 11.8. The van der Waals surface area contributed by atoms with Crippen LogP contribution in [0.3, 0.4) is 0 Å². The molecule has 0 radical (unpaired) electrons. The van der Waals surface area contributed by atoms with E-state index in [0.717, 1.165) is 11.3 Å². The van der Waals surface area contributed by atoms with E-state index in [2.05, 4.69) is 10.1 Å². The van der Waals surface area contributed by atoms with Crippen molar-refractivity contribution in [3.63, 3.8) is 0 Å². The predicted octanol–water partition coefficient (Wildman–Crippen LogP) is 2.64. The number of methoxy groups -OCH3 is 1. The van der Waals surface area contributed by atoms with Crippen LogP contribution in [0, 0.1) is 0 Å². The maximum absolute atomic E-state index is 11.0. The highest BCUT2D eigenvalue weighted by molar-refractivity contribution is 5.88. The predicted molar refractivity (Wildman–Crippen MR) is 80.3 cm³/mol. The number of hydrogen-bond acceptors (Lipinski definition) is 4. The number of hydrogen-bond donors (Lipinski definition) is 1. The highest BCUT2D eigenvalue weighted by Gasteiger charge is 2.08. The minimum atomic E-state index is -0.975. The number of aromatic carboxylic acids is 1. The van der Waals surface area contributed by atoms with Gasteiger partial charge in [0.2, 0.25) is 0 Å². The van der Waals surface area contributed by atoms with E-state index in [0.29, 0.717) is 11.5 Å². The van der Waals surface area contributed by atoms with Gasteiger partial charge in [-0.05, 0) is 42.5 Å². The smallest absolute Gasteiger partial charge is 0.335 e. The maximum Gasteiger partial charge on any atom is 0.335 e. The fraction of sp³-hybridized carbons (Fsp3) is 0.0625. The van der Waals surface area contributed by atoms with Gasteiger partial charge in [-0.1, -0.05) is 6.07 Å². The van der Waals surface area contributed by atoms with E-state index < -0.39 is 5.97 Å². The molecule has 0 amide bonds. The lowest BCUT2D eigenvalue weighted by Crippen LogP contribution is -2.00. The van der Waals surface area contributed by atoms with Gasteiger partial charge in [0, 0.05) is 5.56 Å². The minimum absolute atomic E-state index is 0.207. The van der Waals surface area contributed by atoms with Crippen LogP contribution in [0.25, 0.3) is 17.1 Å². The third kappa shape index (κ3) is 2.67. The zero-order chi connectivity index (χ0) is 15.5. The Hall–Kier alpha value is -3.15. The first-order valence-electron chi connectivity index (χ1n) is 6.57. The van der Waals surface area contributed by atoms with Crippen molar-refractivity contribution in [2.75, 3.05) is 7.11 Å². The molecule has 1 N–H and O–H groups in total. The molecule has 0 aliphatic rings. The van der Waals surface area contributed by atoms with Crippen molar-refractivity contribution in [2.45, 2.75) is 0 Å². The van der Waals surface area contributed by atoms with Gasteiger partial charge in [0.15, 0.2) is 5.82 Å². The Bertz CT molecular complexity index is 810. The molecular weight excluding hydrogens is 282 g/mol. The molecule has 0 spiro atoms. The molecule has 3 aromatic rings. The summed E-state index contributed by atoms with van der Waals surface area (Å²) in [6, 6.07) is 13.9. The molecule has 0 saturated carbocycles. The summed E-state index contributed by atoms with van der Waals surface area (Å²) in [5.74, 6) is 0.345. The second-order valence-corrected chi connectivity index (χ2v) is 4.60.